The fourth-order valence-electron chi connectivity index (χ4n) is 1.53. The van der Waals surface area contributed by atoms with Crippen molar-refractivity contribution < 1.29 is 9.13 Å². The van der Waals surface area contributed by atoms with E-state index in [1.54, 1.807) is 13.0 Å². The van der Waals surface area contributed by atoms with E-state index in [2.05, 4.69) is 18.7 Å². The Hall–Kier alpha value is -1.13. The summed E-state index contributed by atoms with van der Waals surface area (Å²) in [6.45, 7) is 8.26. The molecule has 1 atom stereocenters. The zero-order valence-electron chi connectivity index (χ0n) is 12.7. The molecule has 0 saturated heterocycles. The molecule has 0 radical (unpaired) electrons. The summed E-state index contributed by atoms with van der Waals surface area (Å²) in [5, 5.41) is 0. The molecule has 0 saturated carbocycles. The van der Waals surface area contributed by atoms with E-state index < -0.39 is 0 Å². The molecule has 1 aromatic rings. The van der Waals surface area contributed by atoms with Gasteiger partial charge in [0.15, 0.2) is 0 Å². The molecule has 1 aromatic carbocycles. The summed E-state index contributed by atoms with van der Waals surface area (Å²) in [5.41, 5.74) is 7.05. The second kappa shape index (κ2) is 5.88. The Morgan fingerprint density at radius 2 is 1.95 bits per heavy atom. The van der Waals surface area contributed by atoms with E-state index >= 15 is 0 Å². The van der Waals surface area contributed by atoms with Gasteiger partial charge in [-0.3, -0.25) is 0 Å². The molecule has 0 heterocycles. The summed E-state index contributed by atoms with van der Waals surface area (Å²) in [6.07, 6.45) is 0. The number of nitrogens with two attached hydrogens (primary N) is 1. The molecule has 0 amide bonds. The molecular formula is C15H25FN2O. The lowest BCUT2D eigenvalue weighted by molar-refractivity contribution is 0.113. The van der Waals surface area contributed by atoms with Crippen LogP contribution in [0.3, 0.4) is 0 Å². The number of hydrogen-bond donors (Lipinski definition) is 1. The summed E-state index contributed by atoms with van der Waals surface area (Å²) in [7, 11) is 4.01. The van der Waals surface area contributed by atoms with Crippen LogP contribution in [0.1, 0.15) is 37.9 Å². The summed E-state index contributed by atoms with van der Waals surface area (Å²) < 4.78 is 19.5. The van der Waals surface area contributed by atoms with Crippen molar-refractivity contribution in [2.24, 2.45) is 5.73 Å². The quantitative estimate of drug-likeness (QED) is 0.892. The zero-order chi connectivity index (χ0) is 14.8. The number of halogens is 1. The van der Waals surface area contributed by atoms with Crippen molar-refractivity contribution in [1.82, 2.24) is 4.90 Å². The van der Waals surface area contributed by atoms with Crippen LogP contribution >= 0.6 is 0 Å². The van der Waals surface area contributed by atoms with Crippen LogP contribution in [0, 0.1) is 12.7 Å². The minimum absolute atomic E-state index is 0.0998. The summed E-state index contributed by atoms with van der Waals surface area (Å²) in [5.74, 6) is 0.426. The second-order valence-electron chi connectivity index (χ2n) is 5.92. The molecule has 0 aromatic heterocycles. The number of hydrogen-bond acceptors (Lipinski definition) is 3. The number of rotatable bonds is 5. The Morgan fingerprint density at radius 3 is 2.42 bits per heavy atom. The molecular weight excluding hydrogens is 243 g/mol. The zero-order valence-corrected chi connectivity index (χ0v) is 12.7. The SMILES string of the molecule is Cc1cc(OCC(C)(C)N(C)C)c([C@@H](C)N)cc1F. The maximum atomic E-state index is 13.6. The van der Waals surface area contributed by atoms with E-state index in [0.717, 1.165) is 0 Å². The van der Waals surface area contributed by atoms with Crippen molar-refractivity contribution in [3.05, 3.63) is 29.1 Å². The third kappa shape index (κ3) is 3.91. The first-order chi connectivity index (χ1) is 8.65. The van der Waals surface area contributed by atoms with Gasteiger partial charge in [-0.25, -0.2) is 4.39 Å². The first-order valence-corrected chi connectivity index (χ1v) is 6.51. The van der Waals surface area contributed by atoms with Gasteiger partial charge in [-0.05, 0) is 59.5 Å². The Balaban J connectivity index is 2.98. The summed E-state index contributed by atoms with van der Waals surface area (Å²) in [6, 6.07) is 2.94. The van der Waals surface area contributed by atoms with Gasteiger partial charge in [0.05, 0.1) is 0 Å². The standard InChI is InChI=1S/C15H25FN2O/c1-10-7-14(12(11(2)17)8-13(10)16)19-9-15(3,4)18(5)6/h7-8,11H,9,17H2,1-6H3/t11-/m1/s1. The Bertz CT molecular complexity index is 442. The van der Waals surface area contributed by atoms with Gasteiger partial charge in [0.1, 0.15) is 18.2 Å². The molecule has 108 valence electrons. The fraction of sp³-hybridized carbons (Fsp3) is 0.600. The molecule has 19 heavy (non-hydrogen) atoms. The van der Waals surface area contributed by atoms with Crippen molar-refractivity contribution >= 4 is 0 Å². The highest BCUT2D eigenvalue weighted by Crippen LogP contribution is 2.28. The first-order valence-electron chi connectivity index (χ1n) is 6.51. The fourth-order valence-corrected chi connectivity index (χ4v) is 1.53. The normalized spacial score (nSPS) is 13.7. The van der Waals surface area contributed by atoms with Gasteiger partial charge in [0, 0.05) is 17.1 Å². The lowest BCUT2D eigenvalue weighted by atomic mass is 10.0. The highest BCUT2D eigenvalue weighted by molar-refractivity contribution is 5.39. The predicted octanol–water partition coefficient (Wildman–Crippen LogP) is 2.87. The maximum absolute atomic E-state index is 13.6. The van der Waals surface area contributed by atoms with Crippen LogP contribution in [0.2, 0.25) is 0 Å². The number of ether oxygens (including phenoxy) is 1. The van der Waals surface area contributed by atoms with E-state index in [1.165, 1.54) is 6.07 Å². The van der Waals surface area contributed by atoms with Crippen LogP contribution in [-0.2, 0) is 0 Å². The molecule has 0 aliphatic rings. The third-order valence-corrected chi connectivity index (χ3v) is 3.57. The highest BCUT2D eigenvalue weighted by atomic mass is 19.1. The topological polar surface area (TPSA) is 38.5 Å². The van der Waals surface area contributed by atoms with Gasteiger partial charge in [-0.2, -0.15) is 0 Å². The van der Waals surface area contributed by atoms with E-state index in [-0.39, 0.29) is 17.4 Å². The monoisotopic (exact) mass is 268 g/mol. The van der Waals surface area contributed by atoms with E-state index in [9.17, 15) is 4.39 Å². The van der Waals surface area contributed by atoms with Gasteiger partial charge < -0.3 is 15.4 Å². The lowest BCUT2D eigenvalue weighted by Crippen LogP contribution is -2.43. The van der Waals surface area contributed by atoms with E-state index in [4.69, 9.17) is 10.5 Å². The number of likely N-dealkylation sites (N-methyl/N-ethyl adjacent to an activating group) is 1. The van der Waals surface area contributed by atoms with Gasteiger partial charge in [0.2, 0.25) is 0 Å². The van der Waals surface area contributed by atoms with Gasteiger partial charge >= 0.3 is 0 Å². The van der Waals surface area contributed by atoms with Crippen LogP contribution in [0.4, 0.5) is 4.39 Å². The van der Waals surface area contributed by atoms with Crippen LogP contribution in [0.25, 0.3) is 0 Å². The smallest absolute Gasteiger partial charge is 0.126 e. The largest absolute Gasteiger partial charge is 0.491 e. The van der Waals surface area contributed by atoms with Crippen LogP contribution in [-0.4, -0.2) is 31.1 Å². The molecule has 3 nitrogen and oxygen atoms in total. The molecule has 0 bridgehead atoms. The van der Waals surface area contributed by atoms with Gasteiger partial charge in [0.25, 0.3) is 0 Å². The van der Waals surface area contributed by atoms with Crippen LogP contribution < -0.4 is 10.5 Å². The molecule has 0 aliphatic heterocycles. The van der Waals surface area contributed by atoms with Crippen LogP contribution in [0.5, 0.6) is 5.75 Å². The highest BCUT2D eigenvalue weighted by Gasteiger charge is 2.22. The molecule has 0 aliphatic carbocycles. The Kier molecular flexibility index (Phi) is 4.93. The molecule has 0 fully saturated rings. The minimum atomic E-state index is -0.257. The molecule has 4 heteroatoms. The van der Waals surface area contributed by atoms with Crippen molar-refractivity contribution in [1.29, 1.82) is 0 Å². The average Bonchev–Trinajstić information content (AvgIpc) is 2.29. The first kappa shape index (κ1) is 15.9. The Morgan fingerprint density at radius 1 is 1.37 bits per heavy atom. The van der Waals surface area contributed by atoms with E-state index in [0.29, 0.717) is 23.5 Å². The molecule has 0 unspecified atom stereocenters. The number of nitrogens with zero attached hydrogens (tertiary/aromatic N) is 1. The average molecular weight is 268 g/mol. The van der Waals surface area contributed by atoms with Crippen molar-refractivity contribution in [2.75, 3.05) is 20.7 Å². The number of benzene rings is 1. The predicted molar refractivity (Wildman–Crippen MR) is 77.0 cm³/mol. The van der Waals surface area contributed by atoms with Crippen molar-refractivity contribution in [2.45, 2.75) is 39.3 Å². The van der Waals surface area contributed by atoms with Crippen LogP contribution in [0.15, 0.2) is 12.1 Å². The second-order valence-corrected chi connectivity index (χ2v) is 5.92. The molecule has 2 N–H and O–H groups in total. The summed E-state index contributed by atoms with van der Waals surface area (Å²) in [4.78, 5) is 2.09. The van der Waals surface area contributed by atoms with Crippen molar-refractivity contribution in [3.63, 3.8) is 0 Å². The maximum Gasteiger partial charge on any atom is 0.126 e. The van der Waals surface area contributed by atoms with Gasteiger partial charge in [-0.1, -0.05) is 0 Å². The van der Waals surface area contributed by atoms with E-state index in [1.807, 2.05) is 21.0 Å². The third-order valence-electron chi connectivity index (χ3n) is 3.57. The lowest BCUT2D eigenvalue weighted by Gasteiger charge is -2.32. The number of aryl methyl sites for hydroxylation is 1. The minimum Gasteiger partial charge on any atom is -0.491 e. The van der Waals surface area contributed by atoms with Gasteiger partial charge in [-0.15, -0.1) is 0 Å². The Labute approximate surface area is 115 Å². The summed E-state index contributed by atoms with van der Waals surface area (Å²) >= 11 is 0. The van der Waals surface area contributed by atoms with Crippen molar-refractivity contribution in [3.8, 4) is 5.75 Å². The molecule has 1 rings (SSSR count). The molecule has 0 spiro atoms.